The van der Waals surface area contributed by atoms with Crippen LogP contribution in [0.25, 0.3) is 0 Å². The summed E-state index contributed by atoms with van der Waals surface area (Å²) in [4.78, 5) is 33.6. The number of carbonyl (C=O) groups excluding carboxylic acids is 2. The number of aromatic nitrogens is 2. The van der Waals surface area contributed by atoms with E-state index < -0.39 is 27.5 Å². The summed E-state index contributed by atoms with van der Waals surface area (Å²) in [5, 5.41) is 5.14. The van der Waals surface area contributed by atoms with Gasteiger partial charge in [0, 0.05) is 37.8 Å². The molecule has 172 valence electrons. The van der Waals surface area contributed by atoms with Gasteiger partial charge < -0.3 is 21.3 Å². The molecule has 0 aliphatic rings. The van der Waals surface area contributed by atoms with Crippen LogP contribution in [0.3, 0.4) is 0 Å². The molecule has 1 aromatic heterocycles. The van der Waals surface area contributed by atoms with Crippen LogP contribution in [0.15, 0.2) is 53.6 Å². The number of hydrogen-bond donors (Lipinski definition) is 3. The fraction of sp³-hybridized carbons (Fsp3) is 0.143. The Hall–Kier alpha value is -4.06. The monoisotopic (exact) mass is 472 g/mol. The third kappa shape index (κ3) is 5.23. The lowest BCUT2D eigenvalue weighted by Gasteiger charge is -2.21. The topological polar surface area (TPSA) is 147 Å². The number of amides is 2. The molecule has 0 saturated heterocycles. The summed E-state index contributed by atoms with van der Waals surface area (Å²) in [5.41, 5.74) is 5.99. The van der Waals surface area contributed by atoms with Crippen LogP contribution in [-0.4, -0.2) is 50.6 Å². The Morgan fingerprint density at radius 2 is 1.88 bits per heavy atom. The van der Waals surface area contributed by atoms with Crippen LogP contribution >= 0.6 is 0 Å². The fourth-order valence-electron chi connectivity index (χ4n) is 2.93. The molecule has 0 spiro atoms. The summed E-state index contributed by atoms with van der Waals surface area (Å²) in [7, 11) is -0.460. The van der Waals surface area contributed by atoms with Crippen molar-refractivity contribution in [3.63, 3.8) is 0 Å². The van der Waals surface area contributed by atoms with Crippen LogP contribution < -0.4 is 21.3 Å². The number of benzene rings is 2. The fourth-order valence-corrected chi connectivity index (χ4v) is 3.60. The molecule has 0 atom stereocenters. The first kappa shape index (κ1) is 23.6. The van der Waals surface area contributed by atoms with Gasteiger partial charge in [-0.3, -0.25) is 9.59 Å². The van der Waals surface area contributed by atoms with Crippen molar-refractivity contribution in [2.24, 2.45) is 5.73 Å². The van der Waals surface area contributed by atoms with Crippen LogP contribution in [0.4, 0.5) is 27.5 Å². The van der Waals surface area contributed by atoms with Crippen molar-refractivity contribution in [1.29, 1.82) is 0 Å². The van der Waals surface area contributed by atoms with Gasteiger partial charge in [-0.25, -0.2) is 17.8 Å². The molecule has 0 bridgehead atoms. The van der Waals surface area contributed by atoms with E-state index in [0.717, 1.165) is 12.3 Å². The van der Waals surface area contributed by atoms with Gasteiger partial charge >= 0.3 is 0 Å². The molecule has 33 heavy (non-hydrogen) atoms. The summed E-state index contributed by atoms with van der Waals surface area (Å²) < 4.78 is 38.1. The molecule has 0 fully saturated rings. The number of carbonyl (C=O) groups is 2. The third-order valence-corrected chi connectivity index (χ3v) is 5.80. The maximum absolute atomic E-state index is 14.3. The van der Waals surface area contributed by atoms with Crippen molar-refractivity contribution in [3.05, 3.63) is 65.6 Å². The molecule has 0 radical (unpaired) electrons. The summed E-state index contributed by atoms with van der Waals surface area (Å²) in [6, 6.07) is 9.77. The Morgan fingerprint density at radius 1 is 1.15 bits per heavy atom. The molecule has 0 unspecified atom stereocenters. The summed E-state index contributed by atoms with van der Waals surface area (Å²) in [5.74, 6) is -1.88. The molecule has 4 N–H and O–H groups in total. The van der Waals surface area contributed by atoms with E-state index in [4.69, 9.17) is 5.73 Å². The van der Waals surface area contributed by atoms with Crippen LogP contribution in [-0.2, 0) is 9.84 Å². The average Bonchev–Trinajstić information content (AvgIpc) is 2.78. The highest BCUT2D eigenvalue weighted by Gasteiger charge is 2.19. The number of primary amides is 1. The highest BCUT2D eigenvalue weighted by Crippen LogP contribution is 2.28. The summed E-state index contributed by atoms with van der Waals surface area (Å²) in [6.45, 7) is 0. The van der Waals surface area contributed by atoms with Gasteiger partial charge in [0.2, 0.25) is 5.95 Å². The highest BCUT2D eigenvalue weighted by molar-refractivity contribution is 7.90. The number of nitrogens with one attached hydrogen (secondary N) is 2. The second-order valence-electron chi connectivity index (χ2n) is 7.02. The number of sulfone groups is 1. The molecule has 3 aromatic rings. The lowest BCUT2D eigenvalue weighted by Crippen LogP contribution is -2.21. The Kier molecular flexibility index (Phi) is 6.58. The zero-order valence-corrected chi connectivity index (χ0v) is 18.8. The lowest BCUT2D eigenvalue weighted by atomic mass is 10.2. The van der Waals surface area contributed by atoms with Crippen LogP contribution in [0, 0.1) is 5.82 Å². The Bertz CT molecular complexity index is 1350. The molecule has 2 aromatic carbocycles. The Morgan fingerprint density at radius 3 is 2.52 bits per heavy atom. The minimum absolute atomic E-state index is 0.0348. The van der Waals surface area contributed by atoms with E-state index in [1.54, 1.807) is 19.2 Å². The maximum Gasteiger partial charge on any atom is 0.254 e. The SMILES string of the molecule is CNC(=O)c1ccc(F)c(Nc2ncc(C(N)=O)c(N(C)c3cccc(S(C)(=O)=O)c3)n2)c1. The van der Waals surface area contributed by atoms with Gasteiger partial charge in [-0.2, -0.15) is 4.98 Å². The van der Waals surface area contributed by atoms with Crippen molar-refractivity contribution in [2.45, 2.75) is 4.90 Å². The van der Waals surface area contributed by atoms with Gasteiger partial charge in [-0.05, 0) is 36.4 Å². The van der Waals surface area contributed by atoms with Crippen molar-refractivity contribution in [1.82, 2.24) is 15.3 Å². The summed E-state index contributed by atoms with van der Waals surface area (Å²) >= 11 is 0. The molecule has 12 heteroatoms. The van der Waals surface area contributed by atoms with Crippen LogP contribution in [0.5, 0.6) is 0 Å². The molecular weight excluding hydrogens is 451 g/mol. The number of nitrogens with two attached hydrogens (primary N) is 1. The zero-order valence-electron chi connectivity index (χ0n) is 18.0. The quantitative estimate of drug-likeness (QED) is 0.473. The van der Waals surface area contributed by atoms with Gasteiger partial charge in [0.1, 0.15) is 11.4 Å². The van der Waals surface area contributed by atoms with E-state index in [1.807, 2.05) is 0 Å². The molecule has 0 aliphatic heterocycles. The molecule has 0 saturated carbocycles. The van der Waals surface area contributed by atoms with E-state index in [2.05, 4.69) is 20.6 Å². The standard InChI is InChI=1S/C21H21FN6O4S/c1-24-20(30)12-7-8-16(22)17(9-12)26-21-25-11-15(18(23)29)19(27-21)28(2)13-5-4-6-14(10-13)33(3,31)32/h4-11H,1-3H3,(H2,23,29)(H,24,30)(H,25,26,27). The van der Waals surface area contributed by atoms with Crippen molar-refractivity contribution < 1.29 is 22.4 Å². The first-order valence-corrected chi connectivity index (χ1v) is 11.4. The largest absolute Gasteiger partial charge is 0.365 e. The second-order valence-corrected chi connectivity index (χ2v) is 9.04. The van der Waals surface area contributed by atoms with Crippen molar-refractivity contribution in [2.75, 3.05) is 30.6 Å². The Labute approximate surface area is 189 Å². The second kappa shape index (κ2) is 9.20. The molecule has 3 rings (SSSR count). The molecule has 0 aliphatic carbocycles. The minimum atomic E-state index is -3.47. The smallest absolute Gasteiger partial charge is 0.254 e. The third-order valence-electron chi connectivity index (χ3n) is 4.69. The predicted octanol–water partition coefficient (Wildman–Crippen LogP) is 1.99. The molecule has 1 heterocycles. The van der Waals surface area contributed by atoms with Gasteiger partial charge in [0.25, 0.3) is 11.8 Å². The van der Waals surface area contributed by atoms with Crippen molar-refractivity contribution in [3.8, 4) is 0 Å². The van der Waals surface area contributed by atoms with E-state index in [0.29, 0.717) is 5.69 Å². The van der Waals surface area contributed by atoms with Gasteiger partial charge in [0.15, 0.2) is 15.7 Å². The van der Waals surface area contributed by atoms with Gasteiger partial charge in [0.05, 0.1) is 10.6 Å². The first-order chi connectivity index (χ1) is 15.5. The molecular formula is C21H21FN6O4S. The number of hydrogen-bond acceptors (Lipinski definition) is 8. The maximum atomic E-state index is 14.3. The first-order valence-electron chi connectivity index (χ1n) is 9.50. The minimum Gasteiger partial charge on any atom is -0.365 e. The van der Waals surface area contributed by atoms with Gasteiger partial charge in [-0.1, -0.05) is 6.07 Å². The zero-order chi connectivity index (χ0) is 24.3. The van der Waals surface area contributed by atoms with Crippen LogP contribution in [0.1, 0.15) is 20.7 Å². The highest BCUT2D eigenvalue weighted by atomic mass is 32.2. The lowest BCUT2D eigenvalue weighted by molar-refractivity contribution is 0.0961. The number of anilines is 4. The average molecular weight is 473 g/mol. The molecule has 10 nitrogen and oxygen atoms in total. The van der Waals surface area contributed by atoms with Gasteiger partial charge in [-0.15, -0.1) is 0 Å². The number of rotatable bonds is 7. The number of nitrogens with zero attached hydrogens (tertiary/aromatic N) is 3. The normalized spacial score (nSPS) is 11.0. The van der Waals surface area contributed by atoms with E-state index in [1.165, 1.54) is 42.4 Å². The summed E-state index contributed by atoms with van der Waals surface area (Å²) in [6.07, 6.45) is 2.25. The van der Waals surface area contributed by atoms with E-state index in [-0.39, 0.29) is 33.5 Å². The molecule has 2 amide bonds. The van der Waals surface area contributed by atoms with E-state index in [9.17, 15) is 22.4 Å². The number of halogens is 1. The Balaban J connectivity index is 2.04. The van der Waals surface area contributed by atoms with E-state index >= 15 is 0 Å². The predicted molar refractivity (Wildman–Crippen MR) is 121 cm³/mol. The van der Waals surface area contributed by atoms with Crippen LogP contribution in [0.2, 0.25) is 0 Å². The van der Waals surface area contributed by atoms with Crippen molar-refractivity contribution >= 4 is 44.8 Å².